The number of hydrogen-bond donors (Lipinski definition) is 0. The average molecular weight is 393 g/mol. The van der Waals surface area contributed by atoms with Crippen molar-refractivity contribution in [2.75, 3.05) is 26.2 Å². The smallest absolute Gasteiger partial charge is 0.223 e. The highest BCUT2D eigenvalue weighted by Crippen LogP contribution is 2.24. The van der Waals surface area contributed by atoms with E-state index >= 15 is 0 Å². The fraction of sp³-hybridized carbons (Fsp3) is 0.440. The summed E-state index contributed by atoms with van der Waals surface area (Å²) < 4.78 is 0. The van der Waals surface area contributed by atoms with Gasteiger partial charge >= 0.3 is 0 Å². The second kappa shape index (κ2) is 10.8. The summed E-state index contributed by atoms with van der Waals surface area (Å²) in [6.45, 7) is 4.73. The van der Waals surface area contributed by atoms with Crippen LogP contribution in [0.3, 0.4) is 0 Å². The van der Waals surface area contributed by atoms with Crippen LogP contribution in [0, 0.1) is 0 Å². The quantitative estimate of drug-likeness (QED) is 0.673. The van der Waals surface area contributed by atoms with Crippen molar-refractivity contribution >= 4 is 11.8 Å². The molecular formula is C25H32N2O2. The lowest BCUT2D eigenvalue weighted by Crippen LogP contribution is -2.50. The SMILES string of the molecule is CCC(CC(=O)N1CCN(C(=O)CCCc2ccccc2)CC1)c1ccccc1. The highest BCUT2D eigenvalue weighted by atomic mass is 16.2. The zero-order chi connectivity index (χ0) is 20.5. The summed E-state index contributed by atoms with van der Waals surface area (Å²) in [5.74, 6) is 0.682. The van der Waals surface area contributed by atoms with Gasteiger partial charge in [-0.3, -0.25) is 9.59 Å². The molecule has 1 heterocycles. The summed E-state index contributed by atoms with van der Waals surface area (Å²) >= 11 is 0. The molecule has 1 aliphatic heterocycles. The monoisotopic (exact) mass is 392 g/mol. The largest absolute Gasteiger partial charge is 0.339 e. The number of rotatable bonds is 8. The number of carbonyl (C=O) groups is 2. The minimum absolute atomic E-state index is 0.205. The van der Waals surface area contributed by atoms with Crippen molar-refractivity contribution in [2.24, 2.45) is 0 Å². The molecular weight excluding hydrogens is 360 g/mol. The van der Waals surface area contributed by atoms with E-state index in [4.69, 9.17) is 0 Å². The van der Waals surface area contributed by atoms with Gasteiger partial charge in [0.25, 0.3) is 0 Å². The van der Waals surface area contributed by atoms with Gasteiger partial charge in [-0.05, 0) is 36.3 Å². The van der Waals surface area contributed by atoms with E-state index in [0.717, 1.165) is 19.3 Å². The highest BCUT2D eigenvalue weighted by molar-refractivity contribution is 5.79. The minimum Gasteiger partial charge on any atom is -0.339 e. The number of amides is 2. The molecule has 4 heteroatoms. The maximum absolute atomic E-state index is 12.8. The van der Waals surface area contributed by atoms with Gasteiger partial charge in [0, 0.05) is 39.0 Å². The molecule has 1 atom stereocenters. The van der Waals surface area contributed by atoms with Crippen LogP contribution in [0.25, 0.3) is 0 Å². The maximum atomic E-state index is 12.8. The number of nitrogens with zero attached hydrogens (tertiary/aromatic N) is 2. The Morgan fingerprint density at radius 1 is 0.828 bits per heavy atom. The van der Waals surface area contributed by atoms with E-state index in [2.05, 4.69) is 31.2 Å². The Balaban J connectivity index is 1.41. The van der Waals surface area contributed by atoms with Crippen molar-refractivity contribution in [3.63, 3.8) is 0 Å². The van der Waals surface area contributed by atoms with Crippen LogP contribution in [0.15, 0.2) is 60.7 Å². The summed E-state index contributed by atoms with van der Waals surface area (Å²) in [4.78, 5) is 29.1. The molecule has 0 saturated carbocycles. The predicted octanol–water partition coefficient (Wildman–Crippen LogP) is 4.26. The fourth-order valence-corrected chi connectivity index (χ4v) is 4.01. The second-order valence-corrected chi connectivity index (χ2v) is 7.82. The molecule has 1 aliphatic rings. The number of carbonyl (C=O) groups excluding carboxylic acids is 2. The molecule has 2 amide bonds. The Hall–Kier alpha value is -2.62. The molecule has 29 heavy (non-hydrogen) atoms. The van der Waals surface area contributed by atoms with Gasteiger partial charge in [0.05, 0.1) is 0 Å². The Kier molecular flexibility index (Phi) is 7.85. The summed E-state index contributed by atoms with van der Waals surface area (Å²) in [7, 11) is 0. The zero-order valence-electron chi connectivity index (χ0n) is 17.4. The molecule has 0 spiro atoms. The first-order chi connectivity index (χ1) is 14.2. The van der Waals surface area contributed by atoms with E-state index in [0.29, 0.717) is 39.0 Å². The molecule has 2 aromatic rings. The van der Waals surface area contributed by atoms with Crippen LogP contribution in [-0.2, 0) is 16.0 Å². The molecule has 2 aromatic carbocycles. The minimum atomic E-state index is 0.205. The third-order valence-corrected chi connectivity index (χ3v) is 5.87. The number of hydrogen-bond acceptors (Lipinski definition) is 2. The van der Waals surface area contributed by atoms with Crippen molar-refractivity contribution in [2.45, 2.75) is 44.9 Å². The van der Waals surface area contributed by atoms with Gasteiger partial charge < -0.3 is 9.80 Å². The average Bonchev–Trinajstić information content (AvgIpc) is 2.78. The normalized spacial score (nSPS) is 15.2. The van der Waals surface area contributed by atoms with E-state index < -0.39 is 0 Å². The Morgan fingerprint density at radius 2 is 1.38 bits per heavy atom. The summed E-state index contributed by atoms with van der Waals surface area (Å²) in [5.41, 5.74) is 2.51. The number of benzene rings is 2. The van der Waals surface area contributed by atoms with Crippen molar-refractivity contribution in [3.8, 4) is 0 Å². The van der Waals surface area contributed by atoms with Crippen LogP contribution >= 0.6 is 0 Å². The standard InChI is InChI=1S/C25H32N2O2/c1-2-22(23-13-7-4-8-14-23)20-25(29)27-18-16-26(17-19-27)24(28)15-9-12-21-10-5-3-6-11-21/h3-8,10-11,13-14,22H,2,9,12,15-20H2,1H3. The van der Waals surface area contributed by atoms with E-state index in [1.165, 1.54) is 11.1 Å². The third kappa shape index (κ3) is 6.18. The van der Waals surface area contributed by atoms with Gasteiger partial charge in [-0.1, -0.05) is 67.6 Å². The summed E-state index contributed by atoms with van der Waals surface area (Å²) in [6, 6.07) is 20.6. The van der Waals surface area contributed by atoms with Crippen LogP contribution in [0.1, 0.15) is 49.7 Å². The molecule has 0 aromatic heterocycles. The molecule has 0 aliphatic carbocycles. The van der Waals surface area contributed by atoms with Gasteiger partial charge in [-0.25, -0.2) is 0 Å². The van der Waals surface area contributed by atoms with Gasteiger partial charge in [0.1, 0.15) is 0 Å². The van der Waals surface area contributed by atoms with Crippen LogP contribution in [0.2, 0.25) is 0 Å². The van der Waals surface area contributed by atoms with Crippen LogP contribution in [-0.4, -0.2) is 47.8 Å². The lowest BCUT2D eigenvalue weighted by atomic mass is 9.92. The Labute approximate surface area is 174 Å². The molecule has 1 fully saturated rings. The van der Waals surface area contributed by atoms with E-state index in [-0.39, 0.29) is 17.7 Å². The van der Waals surface area contributed by atoms with Crippen LogP contribution in [0.4, 0.5) is 0 Å². The van der Waals surface area contributed by atoms with Crippen molar-refractivity contribution in [1.29, 1.82) is 0 Å². The fourth-order valence-electron chi connectivity index (χ4n) is 4.01. The van der Waals surface area contributed by atoms with Gasteiger partial charge in [0.15, 0.2) is 0 Å². The van der Waals surface area contributed by atoms with E-state index in [1.807, 2.05) is 46.2 Å². The third-order valence-electron chi connectivity index (χ3n) is 5.87. The molecule has 0 N–H and O–H groups in total. The van der Waals surface area contributed by atoms with Crippen LogP contribution < -0.4 is 0 Å². The predicted molar refractivity (Wildman–Crippen MR) is 117 cm³/mol. The maximum Gasteiger partial charge on any atom is 0.223 e. The molecule has 154 valence electrons. The van der Waals surface area contributed by atoms with E-state index in [9.17, 15) is 9.59 Å². The number of piperazine rings is 1. The lowest BCUT2D eigenvalue weighted by molar-refractivity contribution is -0.139. The van der Waals surface area contributed by atoms with Gasteiger partial charge in [0.2, 0.25) is 11.8 Å². The highest BCUT2D eigenvalue weighted by Gasteiger charge is 2.25. The summed E-state index contributed by atoms with van der Waals surface area (Å²) in [5, 5.41) is 0. The zero-order valence-corrected chi connectivity index (χ0v) is 17.4. The van der Waals surface area contributed by atoms with Gasteiger partial charge in [-0.15, -0.1) is 0 Å². The van der Waals surface area contributed by atoms with Crippen molar-refractivity contribution in [3.05, 3.63) is 71.8 Å². The first-order valence-corrected chi connectivity index (χ1v) is 10.8. The Bertz CT molecular complexity index is 768. The molecule has 1 unspecified atom stereocenters. The molecule has 0 bridgehead atoms. The van der Waals surface area contributed by atoms with Crippen LogP contribution in [0.5, 0.6) is 0 Å². The first-order valence-electron chi connectivity index (χ1n) is 10.8. The Morgan fingerprint density at radius 3 is 1.97 bits per heavy atom. The summed E-state index contributed by atoms with van der Waals surface area (Å²) in [6.07, 6.45) is 3.89. The lowest BCUT2D eigenvalue weighted by Gasteiger charge is -2.35. The molecule has 0 radical (unpaired) electrons. The topological polar surface area (TPSA) is 40.6 Å². The number of aryl methyl sites for hydroxylation is 1. The van der Waals surface area contributed by atoms with E-state index in [1.54, 1.807) is 0 Å². The molecule has 4 nitrogen and oxygen atoms in total. The second-order valence-electron chi connectivity index (χ2n) is 7.82. The molecule has 3 rings (SSSR count). The molecule has 1 saturated heterocycles. The van der Waals surface area contributed by atoms with Gasteiger partial charge in [-0.2, -0.15) is 0 Å². The van der Waals surface area contributed by atoms with Crippen molar-refractivity contribution in [1.82, 2.24) is 9.80 Å². The van der Waals surface area contributed by atoms with Crippen molar-refractivity contribution < 1.29 is 9.59 Å². The first kappa shape index (κ1) is 21.1.